The minimum absolute atomic E-state index is 0.0550. The third-order valence-electron chi connectivity index (χ3n) is 5.23. The Hall–Kier alpha value is -3.67. The standard InChI is InChI=1S/C22H19N5O/c23-20-17-8-3-4-9-18(17)22(25-27(20)21(24)19-10-5-13-28-19)26-12-11-15-6-1-2-7-16(15)14-26/h1-10,13,23-24H,11-12,14H2. The lowest BCUT2D eigenvalue weighted by atomic mass is 9.99. The van der Waals surface area contributed by atoms with Crippen molar-refractivity contribution in [1.82, 2.24) is 9.78 Å². The molecule has 0 spiro atoms. The van der Waals surface area contributed by atoms with Crippen molar-refractivity contribution in [1.29, 1.82) is 10.8 Å². The molecule has 138 valence electrons. The zero-order valence-corrected chi connectivity index (χ0v) is 15.2. The number of furan rings is 1. The summed E-state index contributed by atoms with van der Waals surface area (Å²) >= 11 is 0. The number of fused-ring (bicyclic) bond motifs is 2. The number of benzene rings is 2. The summed E-state index contributed by atoms with van der Waals surface area (Å²) in [4.78, 5) is 2.23. The Morgan fingerprint density at radius 1 is 0.929 bits per heavy atom. The molecule has 2 aromatic heterocycles. The highest BCUT2D eigenvalue weighted by Gasteiger charge is 2.22. The summed E-state index contributed by atoms with van der Waals surface area (Å²) in [5.41, 5.74) is 2.84. The van der Waals surface area contributed by atoms with E-state index in [-0.39, 0.29) is 11.3 Å². The minimum atomic E-state index is 0.0550. The first kappa shape index (κ1) is 16.5. The Kier molecular flexibility index (Phi) is 3.83. The van der Waals surface area contributed by atoms with Gasteiger partial charge in [-0.05, 0) is 29.7 Å². The predicted octanol–water partition coefficient (Wildman–Crippen LogP) is 3.55. The molecule has 0 saturated heterocycles. The predicted molar refractivity (Wildman–Crippen MR) is 108 cm³/mol. The fourth-order valence-corrected chi connectivity index (χ4v) is 3.79. The molecule has 5 rings (SSSR count). The van der Waals surface area contributed by atoms with Crippen LogP contribution < -0.4 is 10.4 Å². The first-order valence-corrected chi connectivity index (χ1v) is 9.23. The molecule has 3 heterocycles. The molecule has 0 radical (unpaired) electrons. The molecule has 0 amide bonds. The van der Waals surface area contributed by atoms with E-state index in [4.69, 9.17) is 20.3 Å². The van der Waals surface area contributed by atoms with Crippen LogP contribution >= 0.6 is 0 Å². The lowest BCUT2D eigenvalue weighted by Gasteiger charge is -2.31. The van der Waals surface area contributed by atoms with Crippen LogP contribution in [0.3, 0.4) is 0 Å². The molecule has 1 aliphatic rings. The maximum atomic E-state index is 8.60. The van der Waals surface area contributed by atoms with E-state index in [9.17, 15) is 0 Å². The SMILES string of the molecule is N=C(c1ccco1)n1nc(N2CCc3ccccc3C2)c2ccccc2c1=N. The van der Waals surface area contributed by atoms with Gasteiger partial charge in [-0.15, -0.1) is 5.10 Å². The average Bonchev–Trinajstić information content (AvgIpc) is 3.28. The first-order valence-electron chi connectivity index (χ1n) is 9.23. The molecule has 2 N–H and O–H groups in total. The van der Waals surface area contributed by atoms with Gasteiger partial charge < -0.3 is 9.32 Å². The van der Waals surface area contributed by atoms with Crippen molar-refractivity contribution < 1.29 is 4.42 Å². The topological polar surface area (TPSA) is 81.9 Å². The van der Waals surface area contributed by atoms with Gasteiger partial charge in [0.1, 0.15) is 0 Å². The molecule has 6 nitrogen and oxygen atoms in total. The summed E-state index contributed by atoms with van der Waals surface area (Å²) in [6, 6.07) is 19.7. The van der Waals surface area contributed by atoms with Gasteiger partial charge >= 0.3 is 0 Å². The van der Waals surface area contributed by atoms with Crippen LogP contribution in [0.4, 0.5) is 5.82 Å². The molecule has 0 aliphatic carbocycles. The summed E-state index contributed by atoms with van der Waals surface area (Å²) in [5.74, 6) is 1.23. The van der Waals surface area contributed by atoms with Gasteiger partial charge in [-0.2, -0.15) is 4.68 Å². The number of hydrogen-bond acceptors (Lipinski definition) is 5. The molecule has 0 saturated carbocycles. The van der Waals surface area contributed by atoms with Crippen molar-refractivity contribution in [2.45, 2.75) is 13.0 Å². The van der Waals surface area contributed by atoms with Crippen molar-refractivity contribution in [2.75, 3.05) is 11.4 Å². The lowest BCUT2D eigenvalue weighted by Crippen LogP contribution is -2.36. The third kappa shape index (κ3) is 2.62. The molecule has 0 unspecified atom stereocenters. The fraction of sp³-hybridized carbons (Fsp3) is 0.136. The van der Waals surface area contributed by atoms with E-state index in [0.717, 1.165) is 36.1 Å². The number of anilines is 1. The summed E-state index contributed by atoms with van der Waals surface area (Å²) in [6.45, 7) is 1.61. The Labute approximate surface area is 161 Å². The van der Waals surface area contributed by atoms with Crippen molar-refractivity contribution in [3.05, 3.63) is 89.3 Å². The van der Waals surface area contributed by atoms with Crippen LogP contribution in [0.25, 0.3) is 10.8 Å². The molecule has 4 aromatic rings. The highest BCUT2D eigenvalue weighted by atomic mass is 16.3. The Bertz CT molecular complexity index is 1240. The first-order chi connectivity index (χ1) is 13.7. The summed E-state index contributed by atoms with van der Waals surface area (Å²) in [6.07, 6.45) is 2.47. The molecule has 0 atom stereocenters. The average molecular weight is 369 g/mol. The van der Waals surface area contributed by atoms with Gasteiger partial charge in [0, 0.05) is 23.9 Å². The van der Waals surface area contributed by atoms with Gasteiger partial charge in [-0.25, -0.2) is 0 Å². The van der Waals surface area contributed by atoms with Crippen molar-refractivity contribution in [2.24, 2.45) is 0 Å². The maximum absolute atomic E-state index is 8.60. The maximum Gasteiger partial charge on any atom is 0.191 e. The Morgan fingerprint density at radius 2 is 1.68 bits per heavy atom. The number of aromatic nitrogens is 2. The van der Waals surface area contributed by atoms with Crippen LogP contribution in [-0.4, -0.2) is 22.2 Å². The Morgan fingerprint density at radius 3 is 2.46 bits per heavy atom. The second kappa shape index (κ2) is 6.49. The van der Waals surface area contributed by atoms with E-state index in [1.54, 1.807) is 12.1 Å². The number of nitrogens with zero attached hydrogens (tertiary/aromatic N) is 3. The second-order valence-electron chi connectivity index (χ2n) is 6.90. The minimum Gasteiger partial charge on any atom is -0.461 e. The van der Waals surface area contributed by atoms with Crippen molar-refractivity contribution in [3.8, 4) is 0 Å². The van der Waals surface area contributed by atoms with E-state index < -0.39 is 0 Å². The van der Waals surface area contributed by atoms with Gasteiger partial charge in [0.2, 0.25) is 0 Å². The zero-order valence-electron chi connectivity index (χ0n) is 15.2. The van der Waals surface area contributed by atoms with Gasteiger partial charge in [0.05, 0.1) is 6.26 Å². The smallest absolute Gasteiger partial charge is 0.191 e. The molecular weight excluding hydrogens is 350 g/mol. The largest absolute Gasteiger partial charge is 0.461 e. The van der Waals surface area contributed by atoms with E-state index >= 15 is 0 Å². The highest BCUT2D eigenvalue weighted by molar-refractivity contribution is 5.98. The number of nitrogens with one attached hydrogen (secondary N) is 2. The summed E-state index contributed by atoms with van der Waals surface area (Å²) < 4.78 is 6.72. The molecule has 0 fully saturated rings. The molecule has 0 bridgehead atoms. The molecule has 28 heavy (non-hydrogen) atoms. The van der Waals surface area contributed by atoms with Crippen molar-refractivity contribution >= 4 is 22.4 Å². The van der Waals surface area contributed by atoms with Crippen LogP contribution in [0, 0.1) is 10.8 Å². The van der Waals surface area contributed by atoms with E-state index in [1.165, 1.54) is 22.1 Å². The normalized spacial score (nSPS) is 13.5. The van der Waals surface area contributed by atoms with Gasteiger partial charge in [0.25, 0.3) is 0 Å². The number of hydrogen-bond donors (Lipinski definition) is 2. The van der Waals surface area contributed by atoms with Crippen LogP contribution in [0.15, 0.2) is 71.3 Å². The van der Waals surface area contributed by atoms with Crippen LogP contribution in [0.2, 0.25) is 0 Å². The molecule has 2 aromatic carbocycles. The highest BCUT2D eigenvalue weighted by Crippen LogP contribution is 2.27. The van der Waals surface area contributed by atoms with Crippen molar-refractivity contribution in [3.63, 3.8) is 0 Å². The quantitative estimate of drug-likeness (QED) is 0.419. The fourth-order valence-electron chi connectivity index (χ4n) is 3.79. The number of rotatable bonds is 2. The summed E-state index contributed by atoms with van der Waals surface area (Å²) in [5, 5.41) is 23.5. The van der Waals surface area contributed by atoms with E-state index in [2.05, 4.69) is 29.2 Å². The van der Waals surface area contributed by atoms with E-state index in [0.29, 0.717) is 5.76 Å². The van der Waals surface area contributed by atoms with Crippen LogP contribution in [0.5, 0.6) is 0 Å². The molecule has 1 aliphatic heterocycles. The van der Waals surface area contributed by atoms with E-state index in [1.807, 2.05) is 24.3 Å². The Balaban J connectivity index is 1.68. The zero-order chi connectivity index (χ0) is 19.1. The molecule has 6 heteroatoms. The summed E-state index contributed by atoms with van der Waals surface area (Å²) in [7, 11) is 0. The molecular formula is C22H19N5O. The monoisotopic (exact) mass is 369 g/mol. The van der Waals surface area contributed by atoms with Gasteiger partial charge in [0.15, 0.2) is 22.9 Å². The second-order valence-corrected chi connectivity index (χ2v) is 6.90. The van der Waals surface area contributed by atoms with Crippen LogP contribution in [-0.2, 0) is 13.0 Å². The van der Waals surface area contributed by atoms with Crippen LogP contribution in [0.1, 0.15) is 16.9 Å². The third-order valence-corrected chi connectivity index (χ3v) is 5.23. The lowest BCUT2D eigenvalue weighted by molar-refractivity contribution is 0.550. The van der Waals surface area contributed by atoms with Gasteiger partial charge in [-0.3, -0.25) is 10.8 Å². The van der Waals surface area contributed by atoms with Gasteiger partial charge in [-0.1, -0.05) is 48.5 Å².